The number of nitrogens with zero attached hydrogens (tertiary/aromatic N) is 2. The third kappa shape index (κ3) is 4.45. The van der Waals surface area contributed by atoms with Gasteiger partial charge in [-0.15, -0.1) is 11.3 Å². The van der Waals surface area contributed by atoms with Gasteiger partial charge in [-0.2, -0.15) is 0 Å². The lowest BCUT2D eigenvalue weighted by molar-refractivity contribution is 0.655. The van der Waals surface area contributed by atoms with Crippen LogP contribution in [0.25, 0.3) is 0 Å². The van der Waals surface area contributed by atoms with Crippen LogP contribution in [0.1, 0.15) is 70.9 Å². The minimum absolute atomic E-state index is 0.512. The highest BCUT2D eigenvalue weighted by molar-refractivity contribution is 7.15. The maximum Gasteiger partial charge on any atom is 0.186 e. The highest BCUT2D eigenvalue weighted by Crippen LogP contribution is 2.33. The summed E-state index contributed by atoms with van der Waals surface area (Å²) in [5.41, 5.74) is 1.30. The summed E-state index contributed by atoms with van der Waals surface area (Å²) in [5.74, 6) is 0.546. The van der Waals surface area contributed by atoms with Crippen LogP contribution in [0.3, 0.4) is 0 Å². The standard InChI is InChI=1S/C16H31N3S/c1-7-10-19(12(4)5)16-18-15(13(6)8-2)14(20-16)11-17-9-3/h12-13,17H,7-11H2,1-6H3. The van der Waals surface area contributed by atoms with Gasteiger partial charge in [0.15, 0.2) is 5.13 Å². The first-order valence-corrected chi connectivity index (χ1v) is 8.83. The zero-order valence-electron chi connectivity index (χ0n) is 14.0. The average Bonchev–Trinajstić information content (AvgIpc) is 2.84. The van der Waals surface area contributed by atoms with Crippen molar-refractivity contribution in [1.29, 1.82) is 0 Å². The van der Waals surface area contributed by atoms with Crippen molar-refractivity contribution in [2.75, 3.05) is 18.0 Å². The largest absolute Gasteiger partial charge is 0.346 e. The first-order chi connectivity index (χ1) is 9.54. The van der Waals surface area contributed by atoms with E-state index in [1.54, 1.807) is 0 Å². The number of hydrogen-bond acceptors (Lipinski definition) is 4. The molecule has 1 unspecified atom stereocenters. The summed E-state index contributed by atoms with van der Waals surface area (Å²) in [6.07, 6.45) is 2.32. The zero-order valence-corrected chi connectivity index (χ0v) is 14.8. The molecule has 116 valence electrons. The van der Waals surface area contributed by atoms with E-state index in [2.05, 4.69) is 51.8 Å². The summed E-state index contributed by atoms with van der Waals surface area (Å²) in [6.45, 7) is 16.5. The molecule has 1 aromatic rings. The van der Waals surface area contributed by atoms with E-state index in [-0.39, 0.29) is 0 Å². The van der Waals surface area contributed by atoms with E-state index in [4.69, 9.17) is 4.98 Å². The van der Waals surface area contributed by atoms with Crippen molar-refractivity contribution in [3.05, 3.63) is 10.6 Å². The molecule has 0 fully saturated rings. The number of hydrogen-bond donors (Lipinski definition) is 1. The summed E-state index contributed by atoms with van der Waals surface area (Å²) >= 11 is 1.87. The molecule has 0 radical (unpaired) electrons. The molecule has 1 heterocycles. The van der Waals surface area contributed by atoms with Crippen LogP contribution in [0.4, 0.5) is 5.13 Å². The second kappa shape index (κ2) is 8.63. The van der Waals surface area contributed by atoms with Crippen LogP contribution in [-0.4, -0.2) is 24.1 Å². The van der Waals surface area contributed by atoms with Gasteiger partial charge in [-0.3, -0.25) is 0 Å². The van der Waals surface area contributed by atoms with Crippen molar-refractivity contribution in [3.63, 3.8) is 0 Å². The Labute approximate surface area is 128 Å². The van der Waals surface area contributed by atoms with E-state index >= 15 is 0 Å². The lowest BCUT2D eigenvalue weighted by Crippen LogP contribution is -2.31. The Morgan fingerprint density at radius 2 is 1.90 bits per heavy atom. The lowest BCUT2D eigenvalue weighted by atomic mass is 10.0. The Balaban J connectivity index is 3.04. The minimum Gasteiger partial charge on any atom is -0.346 e. The summed E-state index contributed by atoms with van der Waals surface area (Å²) in [4.78, 5) is 8.83. The summed E-state index contributed by atoms with van der Waals surface area (Å²) in [5, 5.41) is 4.65. The maximum atomic E-state index is 4.98. The van der Waals surface area contributed by atoms with Gasteiger partial charge >= 0.3 is 0 Å². The molecule has 1 aromatic heterocycles. The van der Waals surface area contributed by atoms with Gasteiger partial charge in [0.1, 0.15) is 0 Å². The molecule has 20 heavy (non-hydrogen) atoms. The van der Waals surface area contributed by atoms with E-state index < -0.39 is 0 Å². The molecule has 3 nitrogen and oxygen atoms in total. The number of rotatable bonds is 9. The van der Waals surface area contributed by atoms with E-state index in [1.165, 1.54) is 22.1 Å². The molecule has 0 aliphatic carbocycles. The summed E-state index contributed by atoms with van der Waals surface area (Å²) < 4.78 is 0. The van der Waals surface area contributed by atoms with E-state index in [0.29, 0.717) is 12.0 Å². The molecule has 0 spiro atoms. The molecular formula is C16H31N3S. The summed E-state index contributed by atoms with van der Waals surface area (Å²) in [6, 6.07) is 0.512. The zero-order chi connectivity index (χ0) is 15.1. The van der Waals surface area contributed by atoms with Gasteiger partial charge in [0, 0.05) is 24.0 Å². The van der Waals surface area contributed by atoms with Gasteiger partial charge in [-0.1, -0.05) is 27.7 Å². The van der Waals surface area contributed by atoms with Crippen molar-refractivity contribution < 1.29 is 0 Å². The molecule has 1 atom stereocenters. The fourth-order valence-corrected chi connectivity index (χ4v) is 3.54. The Morgan fingerprint density at radius 3 is 2.40 bits per heavy atom. The SMILES string of the molecule is CCCN(c1nc(C(C)CC)c(CNCC)s1)C(C)C. The van der Waals surface area contributed by atoms with E-state index in [9.17, 15) is 0 Å². The van der Waals surface area contributed by atoms with Crippen LogP contribution in [0, 0.1) is 0 Å². The molecule has 0 saturated carbocycles. The van der Waals surface area contributed by atoms with Crippen molar-refractivity contribution in [3.8, 4) is 0 Å². The van der Waals surface area contributed by atoms with Gasteiger partial charge < -0.3 is 10.2 Å². The second-order valence-corrected chi connectivity index (χ2v) is 6.74. The smallest absolute Gasteiger partial charge is 0.186 e. The highest BCUT2D eigenvalue weighted by Gasteiger charge is 2.20. The van der Waals surface area contributed by atoms with Crippen molar-refractivity contribution >= 4 is 16.5 Å². The fraction of sp³-hybridized carbons (Fsp3) is 0.812. The van der Waals surface area contributed by atoms with Crippen LogP contribution in [0.15, 0.2) is 0 Å². The van der Waals surface area contributed by atoms with E-state index in [1.807, 2.05) is 11.3 Å². The third-order valence-corrected chi connectivity index (χ3v) is 4.77. The number of thiazole rings is 1. The van der Waals surface area contributed by atoms with Gasteiger partial charge in [0.05, 0.1) is 5.69 Å². The monoisotopic (exact) mass is 297 g/mol. The average molecular weight is 298 g/mol. The Morgan fingerprint density at radius 1 is 1.20 bits per heavy atom. The van der Waals surface area contributed by atoms with Crippen LogP contribution < -0.4 is 10.2 Å². The molecular weight excluding hydrogens is 266 g/mol. The number of aromatic nitrogens is 1. The van der Waals surface area contributed by atoms with Crippen LogP contribution >= 0.6 is 11.3 Å². The summed E-state index contributed by atoms with van der Waals surface area (Å²) in [7, 11) is 0. The predicted molar refractivity (Wildman–Crippen MR) is 91.0 cm³/mol. The molecule has 1 rings (SSSR count). The first-order valence-electron chi connectivity index (χ1n) is 8.01. The normalized spacial score (nSPS) is 12.9. The molecule has 1 N–H and O–H groups in total. The number of anilines is 1. The molecule has 4 heteroatoms. The quantitative estimate of drug-likeness (QED) is 0.732. The second-order valence-electron chi connectivity index (χ2n) is 5.68. The minimum atomic E-state index is 0.512. The molecule has 0 aromatic carbocycles. The topological polar surface area (TPSA) is 28.2 Å². The van der Waals surface area contributed by atoms with Crippen LogP contribution in [-0.2, 0) is 6.54 Å². The van der Waals surface area contributed by atoms with E-state index in [0.717, 1.165) is 26.1 Å². The molecule has 0 aliphatic heterocycles. The Hall–Kier alpha value is -0.610. The maximum absolute atomic E-state index is 4.98. The van der Waals surface area contributed by atoms with Crippen molar-refractivity contribution in [2.24, 2.45) is 0 Å². The molecule has 0 saturated heterocycles. The first kappa shape index (κ1) is 17.4. The molecule has 0 amide bonds. The molecule has 0 bridgehead atoms. The Kier molecular flexibility index (Phi) is 7.52. The van der Waals surface area contributed by atoms with Gasteiger partial charge in [0.25, 0.3) is 0 Å². The highest BCUT2D eigenvalue weighted by atomic mass is 32.1. The van der Waals surface area contributed by atoms with Gasteiger partial charge in [0.2, 0.25) is 0 Å². The fourth-order valence-electron chi connectivity index (χ4n) is 2.23. The molecule has 0 aliphatic rings. The van der Waals surface area contributed by atoms with Crippen molar-refractivity contribution in [2.45, 2.75) is 72.9 Å². The van der Waals surface area contributed by atoms with Crippen molar-refractivity contribution in [1.82, 2.24) is 10.3 Å². The third-order valence-electron chi connectivity index (χ3n) is 3.66. The lowest BCUT2D eigenvalue weighted by Gasteiger charge is -2.25. The Bertz CT molecular complexity index is 387. The number of nitrogens with one attached hydrogen (secondary N) is 1. The van der Waals surface area contributed by atoms with Gasteiger partial charge in [-0.25, -0.2) is 4.98 Å². The predicted octanol–water partition coefficient (Wildman–Crippen LogP) is 4.39. The van der Waals surface area contributed by atoms with Gasteiger partial charge in [-0.05, 0) is 39.2 Å². The van der Waals surface area contributed by atoms with Crippen LogP contribution in [0.5, 0.6) is 0 Å². The van der Waals surface area contributed by atoms with Crippen LogP contribution in [0.2, 0.25) is 0 Å².